The van der Waals surface area contributed by atoms with Gasteiger partial charge in [-0.15, -0.1) is 0 Å². The van der Waals surface area contributed by atoms with Crippen molar-refractivity contribution in [1.29, 1.82) is 0 Å². The molecule has 0 saturated carbocycles. The molecule has 1 unspecified atom stereocenters. The third-order valence-electron chi connectivity index (χ3n) is 0.448. The van der Waals surface area contributed by atoms with Gasteiger partial charge in [0.15, 0.2) is 9.03 Å². The van der Waals surface area contributed by atoms with Gasteiger partial charge in [0, 0.05) is 7.11 Å². The zero-order valence-electron chi connectivity index (χ0n) is 4.73. The van der Waals surface area contributed by atoms with Crippen molar-refractivity contribution >= 4 is 9.03 Å². The standard InChI is InChI=1S/C4H11O2P/c1-3-4-6-7-5-2/h7H,3-4H2,1-2H3. The summed E-state index contributed by atoms with van der Waals surface area (Å²) in [5, 5.41) is 0. The molecule has 0 radical (unpaired) electrons. The summed E-state index contributed by atoms with van der Waals surface area (Å²) in [5.41, 5.74) is 0. The lowest BCUT2D eigenvalue weighted by Crippen LogP contribution is -1.79. The van der Waals surface area contributed by atoms with Crippen molar-refractivity contribution in [3.8, 4) is 0 Å². The van der Waals surface area contributed by atoms with Crippen molar-refractivity contribution in [2.24, 2.45) is 0 Å². The molecule has 0 amide bonds. The third kappa shape index (κ3) is 6.35. The van der Waals surface area contributed by atoms with Crippen molar-refractivity contribution in [3.05, 3.63) is 0 Å². The molecule has 0 spiro atoms. The summed E-state index contributed by atoms with van der Waals surface area (Å²) in [7, 11) is 1.85. The van der Waals surface area contributed by atoms with Gasteiger partial charge >= 0.3 is 0 Å². The van der Waals surface area contributed by atoms with Gasteiger partial charge in [0.2, 0.25) is 0 Å². The molecule has 0 heterocycles. The molecule has 0 aromatic heterocycles. The first-order valence-electron chi connectivity index (χ1n) is 2.31. The monoisotopic (exact) mass is 122 g/mol. The van der Waals surface area contributed by atoms with Gasteiger partial charge in [-0.25, -0.2) is 0 Å². The van der Waals surface area contributed by atoms with E-state index >= 15 is 0 Å². The van der Waals surface area contributed by atoms with Crippen LogP contribution in [-0.4, -0.2) is 13.7 Å². The fourth-order valence-corrected chi connectivity index (χ4v) is 0.608. The van der Waals surface area contributed by atoms with Crippen LogP contribution in [0.3, 0.4) is 0 Å². The molecule has 0 aromatic carbocycles. The first-order valence-corrected chi connectivity index (χ1v) is 3.13. The summed E-state index contributed by atoms with van der Waals surface area (Å²) in [6.45, 7) is 2.88. The predicted octanol–water partition coefficient (Wildman–Crippen LogP) is 1.57. The van der Waals surface area contributed by atoms with Crippen molar-refractivity contribution in [2.45, 2.75) is 13.3 Å². The molecule has 1 atom stereocenters. The second kappa shape index (κ2) is 6.35. The second-order valence-corrected chi connectivity index (χ2v) is 2.00. The Labute approximate surface area is 46.1 Å². The van der Waals surface area contributed by atoms with E-state index in [9.17, 15) is 0 Å². The first kappa shape index (κ1) is 7.35. The van der Waals surface area contributed by atoms with Gasteiger partial charge in [0.1, 0.15) is 0 Å². The lowest BCUT2D eigenvalue weighted by Gasteiger charge is -1.95. The Morgan fingerprint density at radius 1 is 1.57 bits per heavy atom. The number of hydrogen-bond acceptors (Lipinski definition) is 2. The zero-order chi connectivity index (χ0) is 5.54. The minimum Gasteiger partial charge on any atom is -0.340 e. The maximum Gasteiger partial charge on any atom is 0.154 e. The Balaban J connectivity index is 2.45. The van der Waals surface area contributed by atoms with Crippen LogP contribution in [0, 0.1) is 0 Å². The van der Waals surface area contributed by atoms with Crippen LogP contribution in [0.1, 0.15) is 13.3 Å². The quantitative estimate of drug-likeness (QED) is 0.416. The van der Waals surface area contributed by atoms with Gasteiger partial charge in [0.25, 0.3) is 0 Å². The van der Waals surface area contributed by atoms with Crippen LogP contribution in [0.25, 0.3) is 0 Å². The molecule has 0 aliphatic heterocycles. The highest BCUT2D eigenvalue weighted by molar-refractivity contribution is 7.26. The molecule has 3 heteroatoms. The SMILES string of the molecule is CCCOPOC. The fraction of sp³-hybridized carbons (Fsp3) is 1.00. The molecule has 0 aliphatic carbocycles. The van der Waals surface area contributed by atoms with Crippen LogP contribution < -0.4 is 0 Å². The molecular formula is C4H11O2P. The molecule has 0 aromatic rings. The Bertz CT molecular complexity index is 28.9. The van der Waals surface area contributed by atoms with Crippen LogP contribution in [0.2, 0.25) is 0 Å². The van der Waals surface area contributed by atoms with Gasteiger partial charge in [-0.3, -0.25) is 0 Å². The Morgan fingerprint density at radius 2 is 2.29 bits per heavy atom. The van der Waals surface area contributed by atoms with E-state index in [4.69, 9.17) is 4.52 Å². The zero-order valence-corrected chi connectivity index (χ0v) is 5.73. The van der Waals surface area contributed by atoms with Crippen LogP contribution >= 0.6 is 9.03 Å². The van der Waals surface area contributed by atoms with E-state index in [0.717, 1.165) is 13.0 Å². The number of rotatable bonds is 4. The van der Waals surface area contributed by atoms with E-state index in [1.807, 2.05) is 0 Å². The molecule has 7 heavy (non-hydrogen) atoms. The average Bonchev–Trinajstić information content (AvgIpc) is 1.69. The molecular weight excluding hydrogens is 111 g/mol. The van der Waals surface area contributed by atoms with E-state index in [1.54, 1.807) is 7.11 Å². The molecule has 0 aliphatic rings. The summed E-state index contributed by atoms with van der Waals surface area (Å²) in [4.78, 5) is 0. The normalized spacial score (nSPS) is 11.1. The van der Waals surface area contributed by atoms with Gasteiger partial charge in [-0.05, 0) is 6.42 Å². The lowest BCUT2D eigenvalue weighted by molar-refractivity contribution is 0.301. The van der Waals surface area contributed by atoms with Crippen molar-refractivity contribution in [3.63, 3.8) is 0 Å². The summed E-state index contributed by atoms with van der Waals surface area (Å²) in [5.74, 6) is 0. The predicted molar refractivity (Wildman–Crippen MR) is 31.6 cm³/mol. The van der Waals surface area contributed by atoms with E-state index in [1.165, 1.54) is 0 Å². The van der Waals surface area contributed by atoms with Crippen LogP contribution in [-0.2, 0) is 9.05 Å². The van der Waals surface area contributed by atoms with Gasteiger partial charge in [-0.1, -0.05) is 6.92 Å². The van der Waals surface area contributed by atoms with E-state index in [-0.39, 0.29) is 9.03 Å². The molecule has 0 N–H and O–H groups in total. The van der Waals surface area contributed by atoms with E-state index < -0.39 is 0 Å². The largest absolute Gasteiger partial charge is 0.340 e. The van der Waals surface area contributed by atoms with Crippen LogP contribution in [0.4, 0.5) is 0 Å². The van der Waals surface area contributed by atoms with Crippen molar-refractivity contribution < 1.29 is 9.05 Å². The highest BCUT2D eigenvalue weighted by atomic mass is 31.1. The van der Waals surface area contributed by atoms with Gasteiger partial charge in [0.05, 0.1) is 6.61 Å². The topological polar surface area (TPSA) is 18.5 Å². The van der Waals surface area contributed by atoms with Crippen LogP contribution in [0.15, 0.2) is 0 Å². The minimum atomic E-state index is 0.222. The first-order chi connectivity index (χ1) is 3.41. The van der Waals surface area contributed by atoms with Crippen LogP contribution in [0.5, 0.6) is 0 Å². The van der Waals surface area contributed by atoms with E-state index in [0.29, 0.717) is 0 Å². The van der Waals surface area contributed by atoms with Gasteiger partial charge < -0.3 is 9.05 Å². The minimum absolute atomic E-state index is 0.222. The summed E-state index contributed by atoms with van der Waals surface area (Å²) in [6, 6.07) is 0. The van der Waals surface area contributed by atoms with Crippen molar-refractivity contribution in [1.82, 2.24) is 0 Å². The highest BCUT2D eigenvalue weighted by Crippen LogP contribution is 2.09. The third-order valence-corrected chi connectivity index (χ3v) is 0.937. The summed E-state index contributed by atoms with van der Waals surface area (Å²) >= 11 is 0. The highest BCUT2D eigenvalue weighted by Gasteiger charge is 1.78. The molecule has 44 valence electrons. The fourth-order valence-electron chi connectivity index (χ4n) is 0.203. The summed E-state index contributed by atoms with van der Waals surface area (Å²) < 4.78 is 9.59. The number of hydrogen-bond donors (Lipinski definition) is 0. The smallest absolute Gasteiger partial charge is 0.154 e. The Kier molecular flexibility index (Phi) is 6.67. The Morgan fingerprint density at radius 3 is 2.71 bits per heavy atom. The molecule has 0 saturated heterocycles. The maximum atomic E-state index is 4.94. The van der Waals surface area contributed by atoms with E-state index in [2.05, 4.69) is 11.4 Å². The second-order valence-electron chi connectivity index (χ2n) is 1.14. The molecule has 0 rings (SSSR count). The van der Waals surface area contributed by atoms with Crippen molar-refractivity contribution in [2.75, 3.05) is 13.7 Å². The molecule has 0 fully saturated rings. The van der Waals surface area contributed by atoms with Gasteiger partial charge in [-0.2, -0.15) is 0 Å². The lowest BCUT2D eigenvalue weighted by atomic mass is 10.5. The Hall–Kier alpha value is 0.350. The summed E-state index contributed by atoms with van der Waals surface area (Å²) in [6.07, 6.45) is 1.07. The average molecular weight is 122 g/mol. The molecule has 0 bridgehead atoms. The maximum absolute atomic E-state index is 4.94. The molecule has 2 nitrogen and oxygen atoms in total.